The molecule has 0 aliphatic rings. The summed E-state index contributed by atoms with van der Waals surface area (Å²) in [5.74, 6) is -1.48. The van der Waals surface area contributed by atoms with Crippen LogP contribution in [0.2, 0.25) is 0 Å². The Balaban J connectivity index is 1.89. The molecule has 0 aliphatic heterocycles. The van der Waals surface area contributed by atoms with Crippen molar-refractivity contribution in [3.8, 4) is 0 Å². The summed E-state index contributed by atoms with van der Waals surface area (Å²) in [6.07, 6.45) is 0. The summed E-state index contributed by atoms with van der Waals surface area (Å²) in [5, 5.41) is 0. The van der Waals surface area contributed by atoms with Gasteiger partial charge in [0.1, 0.15) is 5.82 Å². The molecule has 0 radical (unpaired) electrons. The van der Waals surface area contributed by atoms with E-state index < -0.39 is 11.8 Å². The fraction of sp³-hybridized carbons (Fsp3) is 0.263. The van der Waals surface area contributed by atoms with E-state index in [1.165, 1.54) is 17.0 Å². The van der Waals surface area contributed by atoms with Gasteiger partial charge in [-0.2, -0.15) is 0 Å². The first kappa shape index (κ1) is 19.9. The maximum atomic E-state index is 13.1. The Labute approximate surface area is 160 Å². The predicted octanol–water partition coefficient (Wildman–Crippen LogP) is 3.47. The molecule has 2 aromatic carbocycles. The number of benzene rings is 2. The molecule has 0 N–H and O–H groups in total. The van der Waals surface area contributed by atoms with Crippen LogP contribution in [-0.4, -0.2) is 44.5 Å². The number of carbonyl (C=O) groups excluding carboxylic acids is 2. The second-order valence-corrected chi connectivity index (χ2v) is 6.87. The molecule has 1 amide bonds. The van der Waals surface area contributed by atoms with Gasteiger partial charge in [-0.3, -0.25) is 4.79 Å². The number of halogens is 2. The molecule has 0 aliphatic carbocycles. The van der Waals surface area contributed by atoms with Gasteiger partial charge in [-0.05, 0) is 51.8 Å². The van der Waals surface area contributed by atoms with E-state index in [9.17, 15) is 14.0 Å². The van der Waals surface area contributed by atoms with Gasteiger partial charge in [0.05, 0.1) is 5.56 Å². The highest BCUT2D eigenvalue weighted by Crippen LogP contribution is 2.19. The molecule has 0 bridgehead atoms. The van der Waals surface area contributed by atoms with Crippen LogP contribution in [0, 0.1) is 5.82 Å². The second-order valence-electron chi connectivity index (χ2n) is 6.01. The lowest BCUT2D eigenvalue weighted by atomic mass is 10.2. The van der Waals surface area contributed by atoms with Crippen LogP contribution < -0.4 is 4.90 Å². The number of rotatable bonds is 6. The minimum Gasteiger partial charge on any atom is -0.452 e. The molecule has 0 aromatic heterocycles. The van der Waals surface area contributed by atoms with Crippen molar-refractivity contribution in [1.29, 1.82) is 0 Å². The second kappa shape index (κ2) is 8.80. The Morgan fingerprint density at radius 2 is 1.73 bits per heavy atom. The van der Waals surface area contributed by atoms with Crippen LogP contribution in [-0.2, 0) is 16.1 Å². The third-order valence-electron chi connectivity index (χ3n) is 3.78. The normalized spacial score (nSPS) is 10.3. The van der Waals surface area contributed by atoms with E-state index in [4.69, 9.17) is 4.74 Å². The monoisotopic (exact) mass is 422 g/mol. The maximum absolute atomic E-state index is 13.1. The average molecular weight is 423 g/mol. The van der Waals surface area contributed by atoms with Crippen molar-refractivity contribution in [3.05, 3.63) is 63.9 Å². The molecule has 26 heavy (non-hydrogen) atoms. The summed E-state index contributed by atoms with van der Waals surface area (Å²) in [6.45, 7) is 0.0270. The number of ether oxygens (including phenoxy) is 1. The predicted molar refractivity (Wildman–Crippen MR) is 102 cm³/mol. The van der Waals surface area contributed by atoms with Crippen LogP contribution in [0.25, 0.3) is 0 Å². The van der Waals surface area contributed by atoms with Crippen molar-refractivity contribution >= 4 is 33.5 Å². The van der Waals surface area contributed by atoms with Crippen LogP contribution in [0.1, 0.15) is 15.9 Å². The number of carbonyl (C=O) groups is 2. The first-order valence-electron chi connectivity index (χ1n) is 7.90. The van der Waals surface area contributed by atoms with Gasteiger partial charge >= 0.3 is 5.97 Å². The highest BCUT2D eigenvalue weighted by Gasteiger charge is 2.16. The van der Waals surface area contributed by atoms with Gasteiger partial charge in [-0.25, -0.2) is 9.18 Å². The number of nitrogens with zero attached hydrogens (tertiary/aromatic N) is 2. The van der Waals surface area contributed by atoms with E-state index >= 15 is 0 Å². The maximum Gasteiger partial charge on any atom is 0.339 e. The first-order valence-corrected chi connectivity index (χ1v) is 8.69. The quantitative estimate of drug-likeness (QED) is 0.668. The molecule has 0 heterocycles. The van der Waals surface area contributed by atoms with E-state index in [1.807, 2.05) is 43.3 Å². The molecule has 0 saturated carbocycles. The number of hydrogen-bond acceptors (Lipinski definition) is 4. The van der Waals surface area contributed by atoms with E-state index in [0.717, 1.165) is 17.3 Å². The zero-order chi connectivity index (χ0) is 19.3. The van der Waals surface area contributed by atoms with Crippen molar-refractivity contribution in [1.82, 2.24) is 4.90 Å². The SMILES string of the molecule is CN(Cc1ccc(N(C)C)cc1)C(=O)COC(=O)c1ccc(F)cc1Br. The minimum atomic E-state index is -0.686. The molecular formula is C19H20BrFN2O3. The van der Waals surface area contributed by atoms with Gasteiger partial charge in [0, 0.05) is 37.8 Å². The summed E-state index contributed by atoms with van der Waals surface area (Å²) in [5.41, 5.74) is 2.21. The zero-order valence-electron chi connectivity index (χ0n) is 14.8. The summed E-state index contributed by atoms with van der Waals surface area (Å²) in [4.78, 5) is 27.7. The van der Waals surface area contributed by atoms with Gasteiger partial charge in [-0.1, -0.05) is 12.1 Å². The van der Waals surface area contributed by atoms with Gasteiger partial charge in [0.2, 0.25) is 0 Å². The molecule has 0 spiro atoms. The Morgan fingerprint density at radius 3 is 2.31 bits per heavy atom. The molecule has 5 nitrogen and oxygen atoms in total. The van der Waals surface area contributed by atoms with Crippen LogP contribution >= 0.6 is 15.9 Å². The van der Waals surface area contributed by atoms with Crippen molar-refractivity contribution in [2.75, 3.05) is 32.6 Å². The number of amides is 1. The Morgan fingerprint density at radius 1 is 1.08 bits per heavy atom. The number of likely N-dealkylation sites (N-methyl/N-ethyl adjacent to an activating group) is 1. The van der Waals surface area contributed by atoms with E-state index in [0.29, 0.717) is 6.54 Å². The van der Waals surface area contributed by atoms with Crippen molar-refractivity contribution in [3.63, 3.8) is 0 Å². The highest BCUT2D eigenvalue weighted by atomic mass is 79.9. The molecule has 0 fully saturated rings. The lowest BCUT2D eigenvalue weighted by molar-refractivity contribution is -0.133. The lowest BCUT2D eigenvalue weighted by Gasteiger charge is -2.18. The van der Waals surface area contributed by atoms with E-state index in [1.54, 1.807) is 7.05 Å². The fourth-order valence-electron chi connectivity index (χ4n) is 2.23. The zero-order valence-corrected chi connectivity index (χ0v) is 16.4. The molecule has 0 unspecified atom stereocenters. The van der Waals surface area contributed by atoms with Gasteiger partial charge in [0.15, 0.2) is 6.61 Å². The largest absolute Gasteiger partial charge is 0.452 e. The summed E-state index contributed by atoms with van der Waals surface area (Å²) >= 11 is 3.10. The Bertz CT molecular complexity index is 794. The topological polar surface area (TPSA) is 49.9 Å². The van der Waals surface area contributed by atoms with Gasteiger partial charge < -0.3 is 14.5 Å². The molecule has 0 saturated heterocycles. The number of hydrogen-bond donors (Lipinski definition) is 0. The molecular weight excluding hydrogens is 403 g/mol. The Hall–Kier alpha value is -2.41. The number of anilines is 1. The third kappa shape index (κ3) is 5.29. The van der Waals surface area contributed by atoms with E-state index in [2.05, 4.69) is 15.9 Å². The standard InChI is InChI=1S/C19H20BrFN2O3/c1-22(2)15-7-4-13(5-8-15)11-23(3)18(24)12-26-19(25)16-9-6-14(21)10-17(16)20/h4-10H,11-12H2,1-3H3. The molecule has 7 heteroatoms. The van der Waals surface area contributed by atoms with Crippen LogP contribution in [0.3, 0.4) is 0 Å². The van der Waals surface area contributed by atoms with Crippen molar-refractivity contribution < 1.29 is 18.7 Å². The number of esters is 1. The van der Waals surface area contributed by atoms with Gasteiger partial charge in [-0.15, -0.1) is 0 Å². The third-order valence-corrected chi connectivity index (χ3v) is 4.43. The minimum absolute atomic E-state index is 0.168. The average Bonchev–Trinajstić information content (AvgIpc) is 2.59. The molecule has 138 valence electrons. The van der Waals surface area contributed by atoms with Crippen molar-refractivity contribution in [2.24, 2.45) is 0 Å². The van der Waals surface area contributed by atoms with Crippen LogP contribution in [0.5, 0.6) is 0 Å². The summed E-state index contributed by atoms with van der Waals surface area (Å²) in [6, 6.07) is 11.5. The first-order chi connectivity index (χ1) is 12.3. The Kier molecular flexibility index (Phi) is 6.74. The molecule has 2 rings (SSSR count). The molecule has 2 aromatic rings. The van der Waals surface area contributed by atoms with Crippen molar-refractivity contribution in [2.45, 2.75) is 6.54 Å². The van der Waals surface area contributed by atoms with E-state index in [-0.39, 0.29) is 22.6 Å². The summed E-state index contributed by atoms with van der Waals surface area (Å²) in [7, 11) is 5.56. The smallest absolute Gasteiger partial charge is 0.339 e. The lowest BCUT2D eigenvalue weighted by Crippen LogP contribution is -2.30. The van der Waals surface area contributed by atoms with Crippen LogP contribution in [0.4, 0.5) is 10.1 Å². The summed E-state index contributed by atoms with van der Waals surface area (Å²) < 4.78 is 18.4. The van der Waals surface area contributed by atoms with Crippen LogP contribution in [0.15, 0.2) is 46.9 Å². The molecule has 0 atom stereocenters. The highest BCUT2D eigenvalue weighted by molar-refractivity contribution is 9.10. The fourth-order valence-corrected chi connectivity index (χ4v) is 2.74. The van der Waals surface area contributed by atoms with Gasteiger partial charge in [0.25, 0.3) is 5.91 Å².